The van der Waals surface area contributed by atoms with Gasteiger partial charge in [0.05, 0.1) is 10.7 Å². The van der Waals surface area contributed by atoms with E-state index in [1.807, 2.05) is 23.7 Å². The smallest absolute Gasteiger partial charge is 0.225 e. The lowest BCUT2D eigenvalue weighted by Gasteiger charge is -2.31. The van der Waals surface area contributed by atoms with E-state index in [2.05, 4.69) is 32.8 Å². The fourth-order valence-corrected chi connectivity index (χ4v) is 4.63. The Bertz CT molecular complexity index is 680. The van der Waals surface area contributed by atoms with E-state index in [9.17, 15) is 0 Å². The molecule has 0 aliphatic carbocycles. The molecule has 24 heavy (non-hydrogen) atoms. The summed E-state index contributed by atoms with van der Waals surface area (Å²) in [6, 6.07) is 2.07. The summed E-state index contributed by atoms with van der Waals surface area (Å²) in [7, 11) is 0. The zero-order valence-corrected chi connectivity index (χ0v) is 15.1. The van der Waals surface area contributed by atoms with Gasteiger partial charge in [-0.15, -0.1) is 11.3 Å². The van der Waals surface area contributed by atoms with E-state index in [-0.39, 0.29) is 0 Å². The van der Waals surface area contributed by atoms with Crippen molar-refractivity contribution in [3.63, 3.8) is 0 Å². The van der Waals surface area contributed by atoms with Gasteiger partial charge >= 0.3 is 0 Å². The van der Waals surface area contributed by atoms with Crippen molar-refractivity contribution in [3.8, 4) is 0 Å². The number of likely N-dealkylation sites (tertiary alicyclic amines) is 1. The van der Waals surface area contributed by atoms with E-state index in [4.69, 9.17) is 4.98 Å². The van der Waals surface area contributed by atoms with Crippen LogP contribution in [0, 0.1) is 6.92 Å². The predicted molar refractivity (Wildman–Crippen MR) is 97.6 cm³/mol. The summed E-state index contributed by atoms with van der Waals surface area (Å²) >= 11 is 1.85. The van der Waals surface area contributed by atoms with Gasteiger partial charge in [-0.3, -0.25) is 4.90 Å². The largest absolute Gasteiger partial charge is 0.341 e. The third-order valence-corrected chi connectivity index (χ3v) is 6.04. The zero-order chi connectivity index (χ0) is 16.4. The van der Waals surface area contributed by atoms with Crippen LogP contribution in [-0.4, -0.2) is 46.0 Å². The number of anilines is 1. The first-order chi connectivity index (χ1) is 11.8. The van der Waals surface area contributed by atoms with Crippen LogP contribution in [0.2, 0.25) is 0 Å². The molecule has 2 aliphatic rings. The normalized spacial score (nSPS) is 22.2. The predicted octanol–water partition coefficient (Wildman–Crippen LogP) is 3.22. The first kappa shape index (κ1) is 16.0. The highest BCUT2D eigenvalue weighted by Crippen LogP contribution is 2.30. The van der Waals surface area contributed by atoms with Gasteiger partial charge in [-0.25, -0.2) is 15.0 Å². The minimum Gasteiger partial charge on any atom is -0.341 e. The molecule has 0 unspecified atom stereocenters. The van der Waals surface area contributed by atoms with E-state index in [0.29, 0.717) is 5.92 Å². The van der Waals surface area contributed by atoms with Gasteiger partial charge in [0.2, 0.25) is 5.95 Å². The van der Waals surface area contributed by atoms with Crippen molar-refractivity contribution >= 4 is 17.3 Å². The second-order valence-electron chi connectivity index (χ2n) is 6.93. The first-order valence-electron chi connectivity index (χ1n) is 8.99. The molecule has 4 heterocycles. The molecule has 6 heteroatoms. The van der Waals surface area contributed by atoms with Gasteiger partial charge in [-0.05, 0) is 45.2 Å². The standard InChI is InChI=1S/C18H25N5S/c1-14-11-20-17(24-14)15-5-4-8-22(12-15)13-16-6-7-19-18(21-16)23-9-2-3-10-23/h6-7,11,15H,2-5,8-10,12-13H2,1H3/t15-/m1/s1. The summed E-state index contributed by atoms with van der Waals surface area (Å²) in [6.45, 7) is 7.50. The van der Waals surface area contributed by atoms with E-state index in [1.165, 1.54) is 35.6 Å². The van der Waals surface area contributed by atoms with Crippen molar-refractivity contribution in [1.29, 1.82) is 0 Å². The molecule has 2 aliphatic heterocycles. The molecule has 2 saturated heterocycles. The molecule has 0 spiro atoms. The Hall–Kier alpha value is -1.53. The molecule has 0 saturated carbocycles. The lowest BCUT2D eigenvalue weighted by Crippen LogP contribution is -2.34. The van der Waals surface area contributed by atoms with Crippen molar-refractivity contribution in [3.05, 3.63) is 34.0 Å². The molecular formula is C18H25N5S. The van der Waals surface area contributed by atoms with Crippen LogP contribution in [0.5, 0.6) is 0 Å². The molecule has 0 bridgehead atoms. The monoisotopic (exact) mass is 343 g/mol. The summed E-state index contributed by atoms with van der Waals surface area (Å²) in [5, 5.41) is 1.30. The Morgan fingerprint density at radius 2 is 2.04 bits per heavy atom. The van der Waals surface area contributed by atoms with Crippen LogP contribution in [-0.2, 0) is 6.54 Å². The number of aryl methyl sites for hydroxylation is 1. The van der Waals surface area contributed by atoms with Gasteiger partial charge in [-0.2, -0.15) is 0 Å². The van der Waals surface area contributed by atoms with E-state index < -0.39 is 0 Å². The van der Waals surface area contributed by atoms with Crippen molar-refractivity contribution in [2.75, 3.05) is 31.1 Å². The second kappa shape index (κ2) is 7.15. The molecule has 2 aromatic rings. The number of hydrogen-bond acceptors (Lipinski definition) is 6. The number of nitrogens with zero attached hydrogens (tertiary/aromatic N) is 5. The quantitative estimate of drug-likeness (QED) is 0.853. The minimum absolute atomic E-state index is 0.581. The molecule has 0 aromatic carbocycles. The average molecular weight is 344 g/mol. The molecule has 4 rings (SSSR count). The molecule has 2 aromatic heterocycles. The summed E-state index contributed by atoms with van der Waals surface area (Å²) in [5.41, 5.74) is 1.14. The lowest BCUT2D eigenvalue weighted by atomic mass is 9.98. The Balaban J connectivity index is 1.42. The molecule has 2 fully saturated rings. The number of thiazole rings is 1. The highest BCUT2D eigenvalue weighted by atomic mass is 32.1. The second-order valence-corrected chi connectivity index (χ2v) is 8.19. The minimum atomic E-state index is 0.581. The van der Waals surface area contributed by atoms with Crippen LogP contribution in [0.4, 0.5) is 5.95 Å². The van der Waals surface area contributed by atoms with Crippen molar-refractivity contribution < 1.29 is 0 Å². The highest BCUT2D eigenvalue weighted by Gasteiger charge is 2.24. The van der Waals surface area contributed by atoms with Gasteiger partial charge in [0, 0.05) is 49.4 Å². The number of piperidine rings is 1. The van der Waals surface area contributed by atoms with Crippen LogP contribution in [0.1, 0.15) is 47.2 Å². The maximum Gasteiger partial charge on any atom is 0.225 e. The summed E-state index contributed by atoms with van der Waals surface area (Å²) in [4.78, 5) is 20.0. The van der Waals surface area contributed by atoms with Crippen molar-refractivity contribution in [2.45, 2.75) is 45.1 Å². The molecule has 0 amide bonds. The molecular weight excluding hydrogens is 318 g/mol. The van der Waals surface area contributed by atoms with Crippen LogP contribution in [0.3, 0.4) is 0 Å². The van der Waals surface area contributed by atoms with E-state index >= 15 is 0 Å². The Morgan fingerprint density at radius 3 is 2.83 bits per heavy atom. The topological polar surface area (TPSA) is 45.2 Å². The van der Waals surface area contributed by atoms with Crippen LogP contribution in [0.25, 0.3) is 0 Å². The molecule has 1 atom stereocenters. The fourth-order valence-electron chi connectivity index (χ4n) is 3.73. The average Bonchev–Trinajstić information content (AvgIpc) is 3.27. The maximum atomic E-state index is 4.81. The number of hydrogen-bond donors (Lipinski definition) is 0. The van der Waals surface area contributed by atoms with Crippen molar-refractivity contribution in [2.24, 2.45) is 0 Å². The summed E-state index contributed by atoms with van der Waals surface area (Å²) in [6.07, 6.45) is 8.94. The summed E-state index contributed by atoms with van der Waals surface area (Å²) in [5.74, 6) is 1.49. The lowest BCUT2D eigenvalue weighted by molar-refractivity contribution is 0.198. The van der Waals surface area contributed by atoms with Crippen LogP contribution in [0.15, 0.2) is 18.5 Å². The van der Waals surface area contributed by atoms with Crippen molar-refractivity contribution in [1.82, 2.24) is 19.9 Å². The zero-order valence-electron chi connectivity index (χ0n) is 14.3. The SMILES string of the molecule is Cc1cnc([C@@H]2CCCN(Cc3ccnc(N4CCCC4)n3)C2)s1. The highest BCUT2D eigenvalue weighted by molar-refractivity contribution is 7.11. The van der Waals surface area contributed by atoms with Gasteiger partial charge < -0.3 is 4.90 Å². The molecule has 0 radical (unpaired) electrons. The van der Waals surface area contributed by atoms with E-state index in [1.54, 1.807) is 0 Å². The molecule has 5 nitrogen and oxygen atoms in total. The number of aromatic nitrogens is 3. The van der Waals surface area contributed by atoms with Gasteiger partial charge in [-0.1, -0.05) is 0 Å². The van der Waals surface area contributed by atoms with Gasteiger partial charge in [0.15, 0.2) is 0 Å². The first-order valence-corrected chi connectivity index (χ1v) is 9.81. The van der Waals surface area contributed by atoms with Gasteiger partial charge in [0.25, 0.3) is 0 Å². The Morgan fingerprint density at radius 1 is 1.17 bits per heavy atom. The van der Waals surface area contributed by atoms with Gasteiger partial charge in [0.1, 0.15) is 0 Å². The third kappa shape index (κ3) is 3.59. The molecule has 0 N–H and O–H groups in total. The molecule has 128 valence electrons. The Labute approximate surface area is 147 Å². The van der Waals surface area contributed by atoms with Crippen LogP contribution >= 0.6 is 11.3 Å². The number of rotatable bonds is 4. The maximum absolute atomic E-state index is 4.81. The van der Waals surface area contributed by atoms with Crippen LogP contribution < -0.4 is 4.90 Å². The fraction of sp³-hybridized carbons (Fsp3) is 0.611. The van der Waals surface area contributed by atoms with E-state index in [0.717, 1.165) is 44.4 Å². The Kier molecular flexibility index (Phi) is 4.76. The summed E-state index contributed by atoms with van der Waals surface area (Å²) < 4.78 is 0. The third-order valence-electron chi connectivity index (χ3n) is 4.97.